The van der Waals surface area contributed by atoms with Gasteiger partial charge in [-0.25, -0.2) is 9.37 Å². The van der Waals surface area contributed by atoms with Crippen molar-refractivity contribution in [1.82, 2.24) is 9.55 Å². The number of hydrogen-bond acceptors (Lipinski definition) is 1. The fourth-order valence-corrected chi connectivity index (χ4v) is 2.39. The van der Waals surface area contributed by atoms with E-state index in [1.165, 1.54) is 6.07 Å². The topological polar surface area (TPSA) is 17.8 Å². The molecule has 2 nitrogen and oxygen atoms in total. The van der Waals surface area contributed by atoms with Gasteiger partial charge in [-0.3, -0.25) is 4.57 Å². The van der Waals surface area contributed by atoms with E-state index in [1.54, 1.807) is 16.7 Å². The molecular formula is C13H7BrClFN2. The van der Waals surface area contributed by atoms with Crippen LogP contribution in [0.1, 0.15) is 0 Å². The zero-order chi connectivity index (χ0) is 12.7. The zero-order valence-electron chi connectivity index (χ0n) is 9.07. The second kappa shape index (κ2) is 4.37. The first-order valence-electron chi connectivity index (χ1n) is 5.25. The lowest BCUT2D eigenvalue weighted by molar-refractivity contribution is 0.620. The Hall–Kier alpha value is -1.39. The van der Waals surface area contributed by atoms with Crippen LogP contribution in [-0.2, 0) is 0 Å². The fourth-order valence-electron chi connectivity index (χ4n) is 1.87. The van der Waals surface area contributed by atoms with Gasteiger partial charge in [-0.15, -0.1) is 0 Å². The Bertz CT molecular complexity index is 739. The molecule has 0 unspecified atom stereocenters. The third-order valence-corrected chi connectivity index (χ3v) is 3.58. The highest BCUT2D eigenvalue weighted by Crippen LogP contribution is 2.26. The Morgan fingerprint density at radius 1 is 1.17 bits per heavy atom. The van der Waals surface area contributed by atoms with Gasteiger partial charge >= 0.3 is 0 Å². The summed E-state index contributed by atoms with van der Waals surface area (Å²) in [6, 6.07) is 12.4. The van der Waals surface area contributed by atoms with Crippen LogP contribution < -0.4 is 0 Å². The predicted octanol–water partition coefficient (Wildman–Crippen LogP) is 4.58. The standard InChI is InChI=1S/C13H7BrClFN2/c14-9-6-5-8(7-10(9)16)18-12-4-2-1-3-11(12)17-13(18)15/h1-7H. The van der Waals surface area contributed by atoms with Crippen molar-refractivity contribution < 1.29 is 4.39 Å². The zero-order valence-corrected chi connectivity index (χ0v) is 11.4. The van der Waals surface area contributed by atoms with Gasteiger partial charge in [-0.1, -0.05) is 12.1 Å². The van der Waals surface area contributed by atoms with Crippen molar-refractivity contribution in [2.45, 2.75) is 0 Å². The van der Waals surface area contributed by atoms with Crippen molar-refractivity contribution in [2.75, 3.05) is 0 Å². The van der Waals surface area contributed by atoms with Gasteiger partial charge < -0.3 is 0 Å². The third-order valence-electron chi connectivity index (χ3n) is 2.68. The van der Waals surface area contributed by atoms with Crippen molar-refractivity contribution >= 4 is 38.6 Å². The van der Waals surface area contributed by atoms with E-state index in [0.29, 0.717) is 15.4 Å². The smallest absolute Gasteiger partial charge is 0.208 e. The molecule has 5 heteroatoms. The molecule has 18 heavy (non-hydrogen) atoms. The third kappa shape index (κ3) is 1.82. The second-order valence-electron chi connectivity index (χ2n) is 3.80. The minimum absolute atomic E-state index is 0.318. The van der Waals surface area contributed by atoms with Crippen LogP contribution in [0.2, 0.25) is 5.28 Å². The van der Waals surface area contributed by atoms with Crippen LogP contribution in [0.4, 0.5) is 4.39 Å². The summed E-state index contributed by atoms with van der Waals surface area (Å²) in [7, 11) is 0. The van der Waals surface area contributed by atoms with Gasteiger partial charge in [0.05, 0.1) is 21.2 Å². The summed E-state index contributed by atoms with van der Waals surface area (Å²) < 4.78 is 15.7. The molecule has 1 aromatic heterocycles. The SMILES string of the molecule is Fc1cc(-n2c(Cl)nc3ccccc32)ccc1Br. The molecule has 0 saturated heterocycles. The number of rotatable bonds is 1. The van der Waals surface area contributed by atoms with Crippen LogP contribution in [0.25, 0.3) is 16.7 Å². The molecule has 0 amide bonds. The maximum atomic E-state index is 13.6. The van der Waals surface area contributed by atoms with Crippen LogP contribution in [0.5, 0.6) is 0 Å². The number of halogens is 3. The number of imidazole rings is 1. The lowest BCUT2D eigenvalue weighted by atomic mass is 10.3. The first-order chi connectivity index (χ1) is 8.66. The van der Waals surface area contributed by atoms with Gasteiger partial charge in [-0.05, 0) is 57.9 Å². The summed E-state index contributed by atoms with van der Waals surface area (Å²) in [6.45, 7) is 0. The Kier molecular flexibility index (Phi) is 2.84. The van der Waals surface area contributed by atoms with E-state index < -0.39 is 0 Å². The van der Waals surface area contributed by atoms with E-state index in [4.69, 9.17) is 11.6 Å². The first kappa shape index (κ1) is 11.7. The number of benzene rings is 2. The summed E-state index contributed by atoms with van der Waals surface area (Å²) in [5, 5.41) is 0.318. The van der Waals surface area contributed by atoms with Gasteiger partial charge in [-0.2, -0.15) is 0 Å². The van der Waals surface area contributed by atoms with E-state index in [9.17, 15) is 4.39 Å². The van der Waals surface area contributed by atoms with Gasteiger partial charge in [0.2, 0.25) is 5.28 Å². The monoisotopic (exact) mass is 324 g/mol. The molecule has 0 bridgehead atoms. The van der Waals surface area contributed by atoms with Gasteiger partial charge in [0.25, 0.3) is 0 Å². The summed E-state index contributed by atoms with van der Waals surface area (Å²) in [6.07, 6.45) is 0. The minimum Gasteiger partial charge on any atom is -0.283 e. The maximum absolute atomic E-state index is 13.6. The highest BCUT2D eigenvalue weighted by molar-refractivity contribution is 9.10. The van der Waals surface area contributed by atoms with Gasteiger partial charge in [0.1, 0.15) is 5.82 Å². The summed E-state index contributed by atoms with van der Waals surface area (Å²) in [5.41, 5.74) is 2.28. The molecule has 3 aromatic rings. The number of nitrogens with zero attached hydrogens (tertiary/aromatic N) is 2. The number of fused-ring (bicyclic) bond motifs is 1. The van der Waals surface area contributed by atoms with Gasteiger partial charge in [0, 0.05) is 0 Å². The van der Waals surface area contributed by atoms with Crippen molar-refractivity contribution in [3.63, 3.8) is 0 Å². The number of para-hydroxylation sites is 2. The normalized spacial score (nSPS) is 11.1. The molecule has 0 saturated carbocycles. The summed E-state index contributed by atoms with van der Waals surface area (Å²) in [4.78, 5) is 4.24. The Labute approximate surface area is 116 Å². The molecule has 3 rings (SSSR count). The highest BCUT2D eigenvalue weighted by Gasteiger charge is 2.11. The van der Waals surface area contributed by atoms with Crippen LogP contribution in [0.3, 0.4) is 0 Å². The first-order valence-corrected chi connectivity index (χ1v) is 6.42. The van der Waals surface area contributed by atoms with Crippen molar-refractivity contribution in [3.05, 3.63) is 58.0 Å². The second-order valence-corrected chi connectivity index (χ2v) is 5.00. The average Bonchev–Trinajstić information content (AvgIpc) is 2.69. The quantitative estimate of drug-likeness (QED) is 0.640. The Balaban J connectivity index is 2.30. The fraction of sp³-hybridized carbons (Fsp3) is 0. The largest absolute Gasteiger partial charge is 0.283 e. The van der Waals surface area contributed by atoms with Crippen LogP contribution >= 0.6 is 27.5 Å². The number of hydrogen-bond donors (Lipinski definition) is 0. The van der Waals surface area contributed by atoms with Gasteiger partial charge in [0.15, 0.2) is 0 Å². The van der Waals surface area contributed by atoms with E-state index in [1.807, 2.05) is 24.3 Å². The lowest BCUT2D eigenvalue weighted by Crippen LogP contribution is -1.95. The molecule has 0 spiro atoms. The van der Waals surface area contributed by atoms with Crippen LogP contribution in [-0.4, -0.2) is 9.55 Å². The molecule has 0 aliphatic carbocycles. The molecule has 0 aliphatic rings. The Morgan fingerprint density at radius 2 is 1.94 bits per heavy atom. The molecule has 0 radical (unpaired) electrons. The van der Waals surface area contributed by atoms with Crippen molar-refractivity contribution in [1.29, 1.82) is 0 Å². The lowest BCUT2D eigenvalue weighted by Gasteiger charge is -2.06. The van der Waals surface area contributed by atoms with E-state index in [0.717, 1.165) is 11.0 Å². The summed E-state index contributed by atoms with van der Waals surface area (Å²) >= 11 is 9.24. The molecule has 0 fully saturated rings. The molecule has 2 aromatic carbocycles. The van der Waals surface area contributed by atoms with Crippen molar-refractivity contribution in [2.24, 2.45) is 0 Å². The maximum Gasteiger partial charge on any atom is 0.208 e. The molecule has 90 valence electrons. The molecule has 0 N–H and O–H groups in total. The summed E-state index contributed by atoms with van der Waals surface area (Å²) in [5.74, 6) is -0.332. The molecular weight excluding hydrogens is 319 g/mol. The molecule has 0 aliphatic heterocycles. The van der Waals surface area contributed by atoms with E-state index >= 15 is 0 Å². The van der Waals surface area contributed by atoms with E-state index in [2.05, 4.69) is 20.9 Å². The average molecular weight is 326 g/mol. The van der Waals surface area contributed by atoms with Crippen LogP contribution in [0.15, 0.2) is 46.9 Å². The molecule has 0 atom stereocenters. The van der Waals surface area contributed by atoms with E-state index in [-0.39, 0.29) is 5.82 Å². The predicted molar refractivity (Wildman–Crippen MR) is 73.7 cm³/mol. The molecule has 1 heterocycles. The van der Waals surface area contributed by atoms with Crippen molar-refractivity contribution in [3.8, 4) is 5.69 Å². The highest BCUT2D eigenvalue weighted by atomic mass is 79.9. The van der Waals surface area contributed by atoms with Crippen LogP contribution in [0, 0.1) is 5.82 Å². The minimum atomic E-state index is -0.332. The Morgan fingerprint density at radius 3 is 2.72 bits per heavy atom. The number of aromatic nitrogens is 2.